The number of aromatic amines is 1. The molecule has 3 aromatic rings. The van der Waals surface area contributed by atoms with Crippen molar-refractivity contribution in [3.63, 3.8) is 0 Å². The molecule has 0 unspecified atom stereocenters. The van der Waals surface area contributed by atoms with Crippen LogP contribution in [0.5, 0.6) is 0 Å². The number of furan rings is 1. The first kappa shape index (κ1) is 15.7. The summed E-state index contributed by atoms with van der Waals surface area (Å²) in [5, 5.41) is 2.79. The molecule has 6 heteroatoms. The summed E-state index contributed by atoms with van der Waals surface area (Å²) in [4.78, 5) is 30.0. The van der Waals surface area contributed by atoms with Crippen LogP contribution < -0.4 is 10.9 Å². The van der Waals surface area contributed by atoms with Gasteiger partial charge in [0, 0.05) is 12.5 Å². The molecule has 0 aliphatic carbocycles. The Labute approximate surface area is 138 Å². The van der Waals surface area contributed by atoms with Gasteiger partial charge in [-0.2, -0.15) is 0 Å². The zero-order valence-electron chi connectivity index (χ0n) is 12.9. The lowest BCUT2D eigenvalue weighted by atomic mass is 9.93. The summed E-state index contributed by atoms with van der Waals surface area (Å²) in [5.74, 6) is 0.446. The fourth-order valence-corrected chi connectivity index (χ4v) is 2.51. The lowest BCUT2D eigenvalue weighted by molar-refractivity contribution is -0.121. The quantitative estimate of drug-likeness (QED) is 0.728. The third-order valence-corrected chi connectivity index (χ3v) is 3.68. The second-order valence-corrected chi connectivity index (χ2v) is 5.36. The second-order valence-electron chi connectivity index (χ2n) is 5.36. The maximum Gasteiger partial charge on any atom is 0.250 e. The summed E-state index contributed by atoms with van der Waals surface area (Å²) >= 11 is 0. The SMILES string of the molecule is O=C(C[C@@H](c1ccccc1)c1ccco1)NCc1cc(=O)[nH]cn1. The number of hydrogen-bond donors (Lipinski definition) is 2. The average Bonchev–Trinajstić information content (AvgIpc) is 3.13. The van der Waals surface area contributed by atoms with Crippen LogP contribution in [-0.2, 0) is 11.3 Å². The number of amides is 1. The van der Waals surface area contributed by atoms with Gasteiger partial charge in [-0.3, -0.25) is 9.59 Å². The Hall–Kier alpha value is -3.15. The van der Waals surface area contributed by atoms with Gasteiger partial charge in [0.25, 0.3) is 5.56 Å². The number of H-pyrrole nitrogens is 1. The summed E-state index contributed by atoms with van der Waals surface area (Å²) in [5.41, 5.74) is 1.28. The molecule has 0 bridgehead atoms. The molecule has 0 aliphatic rings. The Kier molecular flexibility index (Phi) is 4.86. The molecule has 0 saturated heterocycles. The Morgan fingerprint density at radius 3 is 2.75 bits per heavy atom. The second kappa shape index (κ2) is 7.41. The number of hydrogen-bond acceptors (Lipinski definition) is 4. The van der Waals surface area contributed by atoms with Crippen LogP contribution in [0.3, 0.4) is 0 Å². The van der Waals surface area contributed by atoms with Crippen molar-refractivity contribution in [3.05, 3.63) is 88.5 Å². The zero-order valence-corrected chi connectivity index (χ0v) is 12.9. The zero-order chi connectivity index (χ0) is 16.8. The van der Waals surface area contributed by atoms with Crippen molar-refractivity contribution in [3.8, 4) is 0 Å². The lowest BCUT2D eigenvalue weighted by Crippen LogP contribution is -2.26. The Morgan fingerprint density at radius 2 is 2.04 bits per heavy atom. The first-order chi connectivity index (χ1) is 11.7. The number of carbonyl (C=O) groups is 1. The lowest BCUT2D eigenvalue weighted by Gasteiger charge is -2.15. The number of nitrogens with one attached hydrogen (secondary N) is 2. The number of benzene rings is 1. The van der Waals surface area contributed by atoms with E-state index in [0.29, 0.717) is 5.69 Å². The summed E-state index contributed by atoms with van der Waals surface area (Å²) in [6.45, 7) is 0.211. The molecular formula is C18H17N3O3. The molecular weight excluding hydrogens is 306 g/mol. The van der Waals surface area contributed by atoms with E-state index >= 15 is 0 Å². The Morgan fingerprint density at radius 1 is 1.21 bits per heavy atom. The number of aromatic nitrogens is 2. The van der Waals surface area contributed by atoms with E-state index in [4.69, 9.17) is 4.42 Å². The van der Waals surface area contributed by atoms with Crippen molar-refractivity contribution in [1.82, 2.24) is 15.3 Å². The largest absolute Gasteiger partial charge is 0.469 e. The van der Waals surface area contributed by atoms with Crippen LogP contribution >= 0.6 is 0 Å². The highest BCUT2D eigenvalue weighted by Gasteiger charge is 2.20. The van der Waals surface area contributed by atoms with Gasteiger partial charge in [-0.1, -0.05) is 30.3 Å². The van der Waals surface area contributed by atoms with E-state index in [2.05, 4.69) is 15.3 Å². The predicted molar refractivity (Wildman–Crippen MR) is 88.3 cm³/mol. The topological polar surface area (TPSA) is 88.0 Å². The summed E-state index contributed by atoms with van der Waals surface area (Å²) in [6.07, 6.45) is 3.17. The molecule has 122 valence electrons. The number of nitrogens with zero attached hydrogens (tertiary/aromatic N) is 1. The molecule has 0 fully saturated rings. The molecule has 2 aromatic heterocycles. The predicted octanol–water partition coefficient (Wildman–Crippen LogP) is 2.20. The minimum atomic E-state index is -0.244. The highest BCUT2D eigenvalue weighted by molar-refractivity contribution is 5.77. The van der Waals surface area contributed by atoms with Crippen LogP contribution in [0, 0.1) is 0 Å². The van der Waals surface area contributed by atoms with Gasteiger partial charge in [-0.15, -0.1) is 0 Å². The van der Waals surface area contributed by atoms with Crippen LogP contribution in [0.4, 0.5) is 0 Å². The molecule has 1 atom stereocenters. The first-order valence-electron chi connectivity index (χ1n) is 7.61. The third kappa shape index (κ3) is 3.98. The van der Waals surface area contributed by atoms with Gasteiger partial charge in [-0.25, -0.2) is 4.98 Å². The van der Waals surface area contributed by atoms with E-state index in [1.165, 1.54) is 12.4 Å². The van der Waals surface area contributed by atoms with Crippen LogP contribution in [0.1, 0.15) is 29.4 Å². The van der Waals surface area contributed by atoms with E-state index in [9.17, 15) is 9.59 Å². The van der Waals surface area contributed by atoms with Crippen molar-refractivity contribution in [2.45, 2.75) is 18.9 Å². The van der Waals surface area contributed by atoms with Crippen LogP contribution in [0.2, 0.25) is 0 Å². The molecule has 0 spiro atoms. The van der Waals surface area contributed by atoms with Gasteiger partial charge in [0.1, 0.15) is 5.76 Å². The molecule has 6 nitrogen and oxygen atoms in total. The van der Waals surface area contributed by atoms with Crippen LogP contribution in [0.25, 0.3) is 0 Å². The average molecular weight is 323 g/mol. The third-order valence-electron chi connectivity index (χ3n) is 3.68. The Bertz CT molecular complexity index is 841. The smallest absolute Gasteiger partial charge is 0.250 e. The van der Waals surface area contributed by atoms with E-state index in [1.54, 1.807) is 6.26 Å². The van der Waals surface area contributed by atoms with E-state index < -0.39 is 0 Å². The Balaban J connectivity index is 1.69. The molecule has 24 heavy (non-hydrogen) atoms. The van der Waals surface area contributed by atoms with E-state index in [1.807, 2.05) is 42.5 Å². The summed E-state index contributed by atoms with van der Waals surface area (Å²) in [7, 11) is 0. The summed E-state index contributed by atoms with van der Waals surface area (Å²) in [6, 6.07) is 14.8. The molecule has 2 heterocycles. The number of carbonyl (C=O) groups excluding carboxylic acids is 1. The fourth-order valence-electron chi connectivity index (χ4n) is 2.51. The standard InChI is InChI=1S/C18H17N3O3/c22-17-9-14(20-12-21-17)11-19-18(23)10-15(16-7-4-8-24-16)13-5-2-1-3-6-13/h1-9,12,15H,10-11H2,(H,19,23)(H,20,21,22)/t15-/m0/s1. The normalized spacial score (nSPS) is 11.8. The van der Waals surface area contributed by atoms with E-state index in [-0.39, 0.29) is 30.3 Å². The molecule has 0 saturated carbocycles. The van der Waals surface area contributed by atoms with Gasteiger partial charge in [-0.05, 0) is 17.7 Å². The van der Waals surface area contributed by atoms with Crippen molar-refractivity contribution < 1.29 is 9.21 Å². The first-order valence-corrected chi connectivity index (χ1v) is 7.61. The van der Waals surface area contributed by atoms with Gasteiger partial charge in [0.2, 0.25) is 5.91 Å². The fraction of sp³-hybridized carbons (Fsp3) is 0.167. The monoisotopic (exact) mass is 323 g/mol. The molecule has 0 radical (unpaired) electrons. The van der Waals surface area contributed by atoms with Crippen LogP contribution in [-0.4, -0.2) is 15.9 Å². The van der Waals surface area contributed by atoms with Gasteiger partial charge < -0.3 is 14.7 Å². The van der Waals surface area contributed by atoms with Crippen molar-refractivity contribution in [2.24, 2.45) is 0 Å². The maximum absolute atomic E-state index is 12.3. The van der Waals surface area contributed by atoms with Crippen molar-refractivity contribution >= 4 is 5.91 Å². The van der Waals surface area contributed by atoms with E-state index in [0.717, 1.165) is 11.3 Å². The summed E-state index contributed by atoms with van der Waals surface area (Å²) < 4.78 is 5.49. The van der Waals surface area contributed by atoms with Crippen molar-refractivity contribution in [2.75, 3.05) is 0 Å². The van der Waals surface area contributed by atoms with Gasteiger partial charge >= 0.3 is 0 Å². The highest BCUT2D eigenvalue weighted by atomic mass is 16.3. The molecule has 3 rings (SSSR count). The van der Waals surface area contributed by atoms with Gasteiger partial charge in [0.05, 0.1) is 30.7 Å². The maximum atomic E-state index is 12.3. The molecule has 0 aliphatic heterocycles. The minimum Gasteiger partial charge on any atom is -0.469 e. The molecule has 1 aromatic carbocycles. The van der Waals surface area contributed by atoms with Crippen molar-refractivity contribution in [1.29, 1.82) is 0 Å². The number of rotatable bonds is 6. The molecule has 2 N–H and O–H groups in total. The minimum absolute atomic E-state index is 0.137. The highest BCUT2D eigenvalue weighted by Crippen LogP contribution is 2.28. The molecule has 1 amide bonds. The van der Waals surface area contributed by atoms with Gasteiger partial charge in [0.15, 0.2) is 0 Å². The van der Waals surface area contributed by atoms with Crippen LogP contribution in [0.15, 0.2) is 70.3 Å².